The van der Waals surface area contributed by atoms with Crippen molar-refractivity contribution in [3.63, 3.8) is 0 Å². The number of likely N-dealkylation sites (N-methyl/N-ethyl adjacent to an activating group) is 1. The highest BCUT2D eigenvalue weighted by Crippen LogP contribution is 2.06. The Morgan fingerprint density at radius 2 is 2.00 bits per heavy atom. The third kappa shape index (κ3) is 4.04. The lowest BCUT2D eigenvalue weighted by atomic mass is 10.2. The zero-order chi connectivity index (χ0) is 14.4. The predicted octanol–water partition coefficient (Wildman–Crippen LogP) is 1.82. The van der Waals surface area contributed by atoms with Gasteiger partial charge in [-0.1, -0.05) is 30.3 Å². The molecule has 0 aliphatic heterocycles. The van der Waals surface area contributed by atoms with Crippen LogP contribution in [-0.2, 0) is 16.6 Å². The zero-order valence-electron chi connectivity index (χ0n) is 11.3. The lowest BCUT2D eigenvalue weighted by molar-refractivity contribution is 0.439. The van der Waals surface area contributed by atoms with E-state index in [2.05, 4.69) is 5.10 Å². The summed E-state index contributed by atoms with van der Waals surface area (Å²) in [6, 6.07) is 11.2. The second-order valence-corrected chi connectivity index (χ2v) is 6.27. The molecule has 1 aromatic heterocycles. The maximum atomic E-state index is 12.1. The summed E-state index contributed by atoms with van der Waals surface area (Å²) in [5.41, 5.74) is 0.858. The Balaban J connectivity index is 1.97. The molecule has 5 nitrogen and oxygen atoms in total. The molecule has 0 fully saturated rings. The molecule has 0 aliphatic rings. The Kier molecular flexibility index (Phi) is 4.70. The zero-order valence-corrected chi connectivity index (χ0v) is 12.1. The van der Waals surface area contributed by atoms with Crippen LogP contribution >= 0.6 is 0 Å². The van der Waals surface area contributed by atoms with Gasteiger partial charge in [-0.25, -0.2) is 8.42 Å². The van der Waals surface area contributed by atoms with Crippen molar-refractivity contribution in [1.82, 2.24) is 14.1 Å². The highest BCUT2D eigenvalue weighted by atomic mass is 32.2. The third-order valence-corrected chi connectivity index (χ3v) is 4.40. The summed E-state index contributed by atoms with van der Waals surface area (Å²) in [5.74, 6) is 0. The van der Waals surface area contributed by atoms with Crippen LogP contribution in [0, 0.1) is 0 Å². The molecule has 0 radical (unpaired) electrons. The average Bonchev–Trinajstić information content (AvgIpc) is 2.97. The first-order valence-corrected chi connectivity index (χ1v) is 7.75. The quantitative estimate of drug-likeness (QED) is 0.815. The first-order chi connectivity index (χ1) is 9.58. The molecule has 0 amide bonds. The van der Waals surface area contributed by atoms with E-state index in [4.69, 9.17) is 0 Å². The largest absolute Gasteiger partial charge is 0.271 e. The van der Waals surface area contributed by atoms with Crippen LogP contribution in [0.4, 0.5) is 0 Å². The molecule has 0 saturated carbocycles. The van der Waals surface area contributed by atoms with E-state index in [1.54, 1.807) is 30.2 Å². The van der Waals surface area contributed by atoms with Crippen LogP contribution in [0.5, 0.6) is 0 Å². The average molecular weight is 291 g/mol. The van der Waals surface area contributed by atoms with Gasteiger partial charge in [0.15, 0.2) is 0 Å². The van der Waals surface area contributed by atoms with Crippen molar-refractivity contribution in [2.45, 2.75) is 6.54 Å². The highest BCUT2D eigenvalue weighted by Gasteiger charge is 2.13. The van der Waals surface area contributed by atoms with Crippen molar-refractivity contribution in [1.29, 1.82) is 0 Å². The fourth-order valence-corrected chi connectivity index (χ4v) is 2.51. The van der Waals surface area contributed by atoms with Crippen molar-refractivity contribution >= 4 is 16.1 Å². The van der Waals surface area contributed by atoms with Crippen LogP contribution in [0.25, 0.3) is 6.08 Å². The van der Waals surface area contributed by atoms with Crippen LogP contribution in [0.1, 0.15) is 5.56 Å². The van der Waals surface area contributed by atoms with E-state index < -0.39 is 10.0 Å². The van der Waals surface area contributed by atoms with E-state index in [1.807, 2.05) is 36.4 Å². The molecule has 6 heteroatoms. The first-order valence-electron chi connectivity index (χ1n) is 6.25. The van der Waals surface area contributed by atoms with Crippen molar-refractivity contribution in [2.75, 3.05) is 13.6 Å². The number of benzene rings is 1. The Morgan fingerprint density at radius 1 is 1.25 bits per heavy atom. The van der Waals surface area contributed by atoms with Gasteiger partial charge in [0.1, 0.15) is 0 Å². The van der Waals surface area contributed by atoms with Crippen molar-refractivity contribution in [3.05, 3.63) is 59.8 Å². The van der Waals surface area contributed by atoms with Crippen molar-refractivity contribution in [2.24, 2.45) is 0 Å². The number of rotatable bonds is 6. The molecule has 0 N–H and O–H groups in total. The summed E-state index contributed by atoms with van der Waals surface area (Å²) in [6.07, 6.45) is 5.07. The summed E-state index contributed by atoms with van der Waals surface area (Å²) in [6.45, 7) is 0.908. The van der Waals surface area contributed by atoms with Gasteiger partial charge in [-0.05, 0) is 17.7 Å². The Morgan fingerprint density at radius 3 is 2.65 bits per heavy atom. The minimum Gasteiger partial charge on any atom is -0.271 e. The standard InChI is InChI=1S/C14H17N3O2S/c1-16(11-12-17-10-5-9-15-17)20(18,19)13-8-14-6-3-2-4-7-14/h2-10,13H,11-12H2,1H3/b13-8+. The van der Waals surface area contributed by atoms with E-state index in [1.165, 1.54) is 9.71 Å². The van der Waals surface area contributed by atoms with Crippen LogP contribution in [0.15, 0.2) is 54.2 Å². The lowest BCUT2D eigenvalue weighted by Crippen LogP contribution is -2.28. The molecule has 2 aromatic rings. The molecule has 1 aromatic carbocycles. The monoisotopic (exact) mass is 291 g/mol. The molecular weight excluding hydrogens is 274 g/mol. The second-order valence-electron chi connectivity index (χ2n) is 4.35. The number of hydrogen-bond acceptors (Lipinski definition) is 3. The second kappa shape index (κ2) is 6.49. The van der Waals surface area contributed by atoms with Gasteiger partial charge in [0, 0.05) is 31.4 Å². The fraction of sp³-hybridized carbons (Fsp3) is 0.214. The normalized spacial score (nSPS) is 12.3. The van der Waals surface area contributed by atoms with E-state index in [-0.39, 0.29) is 0 Å². The van der Waals surface area contributed by atoms with E-state index >= 15 is 0 Å². The van der Waals surface area contributed by atoms with Gasteiger partial charge in [0.25, 0.3) is 0 Å². The molecule has 0 bridgehead atoms. The van der Waals surface area contributed by atoms with Crippen LogP contribution in [0.3, 0.4) is 0 Å². The van der Waals surface area contributed by atoms with E-state index in [0.29, 0.717) is 13.1 Å². The van der Waals surface area contributed by atoms with E-state index in [0.717, 1.165) is 5.56 Å². The summed E-state index contributed by atoms with van der Waals surface area (Å²) in [7, 11) is -1.84. The molecule has 0 aliphatic carbocycles. The summed E-state index contributed by atoms with van der Waals surface area (Å²) in [4.78, 5) is 0. The van der Waals surface area contributed by atoms with Gasteiger partial charge >= 0.3 is 0 Å². The molecule has 0 spiro atoms. The number of aromatic nitrogens is 2. The van der Waals surface area contributed by atoms with Gasteiger partial charge in [-0.2, -0.15) is 9.40 Å². The maximum absolute atomic E-state index is 12.1. The van der Waals surface area contributed by atoms with Gasteiger partial charge < -0.3 is 0 Å². The van der Waals surface area contributed by atoms with Gasteiger partial charge in [-0.15, -0.1) is 0 Å². The van der Waals surface area contributed by atoms with Crippen molar-refractivity contribution < 1.29 is 8.42 Å². The Labute approximate surface area is 119 Å². The molecule has 1 heterocycles. The lowest BCUT2D eigenvalue weighted by Gasteiger charge is -2.14. The van der Waals surface area contributed by atoms with Gasteiger partial charge in [0.05, 0.1) is 6.54 Å². The molecular formula is C14H17N3O2S. The number of sulfonamides is 1. The minimum atomic E-state index is -3.40. The first kappa shape index (κ1) is 14.5. The SMILES string of the molecule is CN(CCn1cccn1)S(=O)(=O)/C=C/c1ccccc1. The Hall–Kier alpha value is -1.92. The van der Waals surface area contributed by atoms with Gasteiger partial charge in [-0.3, -0.25) is 4.68 Å². The summed E-state index contributed by atoms with van der Waals surface area (Å²) >= 11 is 0. The maximum Gasteiger partial charge on any atom is 0.236 e. The van der Waals surface area contributed by atoms with Gasteiger partial charge in [0.2, 0.25) is 10.0 Å². The molecule has 0 unspecified atom stereocenters. The van der Waals surface area contributed by atoms with E-state index in [9.17, 15) is 8.42 Å². The molecule has 0 atom stereocenters. The molecule has 106 valence electrons. The Bertz CT molecular complexity index is 649. The summed E-state index contributed by atoms with van der Waals surface area (Å²) in [5, 5.41) is 5.27. The van der Waals surface area contributed by atoms with Crippen LogP contribution in [0.2, 0.25) is 0 Å². The third-order valence-electron chi connectivity index (χ3n) is 2.87. The molecule has 2 rings (SSSR count). The molecule has 0 saturated heterocycles. The van der Waals surface area contributed by atoms with Crippen LogP contribution < -0.4 is 0 Å². The highest BCUT2D eigenvalue weighted by molar-refractivity contribution is 7.92. The number of nitrogens with zero attached hydrogens (tertiary/aromatic N) is 3. The fourth-order valence-electron chi connectivity index (χ4n) is 1.64. The molecule has 20 heavy (non-hydrogen) atoms. The minimum absolute atomic E-state index is 0.378. The number of hydrogen-bond donors (Lipinski definition) is 0. The topological polar surface area (TPSA) is 55.2 Å². The summed E-state index contributed by atoms with van der Waals surface area (Å²) < 4.78 is 27.2. The van der Waals surface area contributed by atoms with Crippen molar-refractivity contribution in [3.8, 4) is 0 Å². The smallest absolute Gasteiger partial charge is 0.236 e. The van der Waals surface area contributed by atoms with Crippen LogP contribution in [-0.4, -0.2) is 36.1 Å². The predicted molar refractivity (Wildman–Crippen MR) is 79.3 cm³/mol.